The van der Waals surface area contributed by atoms with Crippen molar-refractivity contribution < 1.29 is 19.4 Å². The summed E-state index contributed by atoms with van der Waals surface area (Å²) >= 11 is 6.02. The summed E-state index contributed by atoms with van der Waals surface area (Å²) < 4.78 is 11.5. The van der Waals surface area contributed by atoms with Gasteiger partial charge in [-0.2, -0.15) is 0 Å². The number of benzene rings is 1. The van der Waals surface area contributed by atoms with Gasteiger partial charge >= 0.3 is 5.97 Å². The molecule has 0 aliphatic carbocycles. The molecule has 2 rings (SSSR count). The highest BCUT2D eigenvalue weighted by molar-refractivity contribution is 6.32. The van der Waals surface area contributed by atoms with Crippen LogP contribution < -0.4 is 9.47 Å². The van der Waals surface area contributed by atoms with Crippen molar-refractivity contribution in [1.82, 2.24) is 15.0 Å². The van der Waals surface area contributed by atoms with Crippen LogP contribution in [0.3, 0.4) is 0 Å². The molecule has 0 saturated carbocycles. The van der Waals surface area contributed by atoms with E-state index in [0.29, 0.717) is 22.2 Å². The smallest absolute Gasteiger partial charge is 0.358 e. The van der Waals surface area contributed by atoms with Crippen LogP contribution in [0.4, 0.5) is 0 Å². The minimum Gasteiger partial charge on any atom is -0.495 e. The molecule has 0 aliphatic rings. The first-order valence-corrected chi connectivity index (χ1v) is 5.52. The van der Waals surface area contributed by atoms with E-state index in [-0.39, 0.29) is 5.69 Å². The lowest BCUT2D eigenvalue weighted by Crippen LogP contribution is -2.00. The fourth-order valence-corrected chi connectivity index (χ4v) is 1.74. The Balaban J connectivity index is 2.53. The van der Waals surface area contributed by atoms with Gasteiger partial charge in [0.25, 0.3) is 0 Å². The molecule has 1 aromatic carbocycles. The van der Waals surface area contributed by atoms with Crippen molar-refractivity contribution in [3.05, 3.63) is 29.0 Å². The molecular weight excluding hydrogens is 274 g/mol. The number of rotatable bonds is 4. The van der Waals surface area contributed by atoms with E-state index in [1.165, 1.54) is 25.1 Å². The van der Waals surface area contributed by atoms with Gasteiger partial charge in [0, 0.05) is 6.07 Å². The third-order valence-electron chi connectivity index (χ3n) is 2.41. The Labute approximate surface area is 113 Å². The van der Waals surface area contributed by atoms with Crippen molar-refractivity contribution in [3.63, 3.8) is 0 Å². The van der Waals surface area contributed by atoms with Gasteiger partial charge in [0.05, 0.1) is 25.4 Å². The van der Waals surface area contributed by atoms with Crippen LogP contribution in [0.2, 0.25) is 5.02 Å². The largest absolute Gasteiger partial charge is 0.495 e. The zero-order chi connectivity index (χ0) is 14.0. The Kier molecular flexibility index (Phi) is 3.57. The standard InChI is InChI=1S/C11H10ClN3O4/c1-18-9-4-10(19-2)8(3-6(9)12)15-5-7(11(16)17)13-14-15/h3-5H,1-2H3,(H,16,17). The average Bonchev–Trinajstić information content (AvgIpc) is 2.88. The summed E-state index contributed by atoms with van der Waals surface area (Å²) in [5.74, 6) is -0.284. The zero-order valence-corrected chi connectivity index (χ0v) is 10.9. The molecular formula is C11H10ClN3O4. The van der Waals surface area contributed by atoms with Crippen LogP contribution in [-0.4, -0.2) is 40.3 Å². The Morgan fingerprint density at radius 1 is 1.32 bits per heavy atom. The number of aromatic nitrogens is 3. The number of halogens is 1. The summed E-state index contributed by atoms with van der Waals surface area (Å²) in [6, 6.07) is 3.14. The fourth-order valence-electron chi connectivity index (χ4n) is 1.50. The summed E-state index contributed by atoms with van der Waals surface area (Å²) in [4.78, 5) is 10.8. The SMILES string of the molecule is COc1cc(OC)c(-n2cc(C(=O)O)nn2)cc1Cl. The molecule has 0 fully saturated rings. The minimum atomic E-state index is -1.16. The molecule has 0 atom stereocenters. The third kappa shape index (κ3) is 2.45. The van der Waals surface area contributed by atoms with Crippen molar-refractivity contribution in [2.24, 2.45) is 0 Å². The summed E-state index contributed by atoms with van der Waals surface area (Å²) in [6.45, 7) is 0. The monoisotopic (exact) mass is 283 g/mol. The van der Waals surface area contributed by atoms with Crippen molar-refractivity contribution >= 4 is 17.6 Å². The molecule has 0 bridgehead atoms. The van der Waals surface area contributed by atoms with Gasteiger partial charge in [0.2, 0.25) is 0 Å². The zero-order valence-electron chi connectivity index (χ0n) is 10.1. The summed E-state index contributed by atoms with van der Waals surface area (Å²) in [6.07, 6.45) is 1.27. The van der Waals surface area contributed by atoms with Crippen LogP contribution in [-0.2, 0) is 0 Å². The predicted octanol–water partition coefficient (Wildman–Crippen LogP) is 1.64. The maximum absolute atomic E-state index is 10.8. The second-order valence-electron chi connectivity index (χ2n) is 3.51. The predicted molar refractivity (Wildman–Crippen MR) is 66.4 cm³/mol. The molecule has 7 nitrogen and oxygen atoms in total. The topological polar surface area (TPSA) is 86.5 Å². The molecule has 100 valence electrons. The van der Waals surface area contributed by atoms with Crippen molar-refractivity contribution in [2.45, 2.75) is 0 Å². The number of methoxy groups -OCH3 is 2. The number of carbonyl (C=O) groups is 1. The van der Waals surface area contributed by atoms with Crippen LogP contribution in [0.1, 0.15) is 10.5 Å². The number of carboxylic acids is 1. The van der Waals surface area contributed by atoms with Crippen LogP contribution in [0.15, 0.2) is 18.3 Å². The number of carboxylic acid groups (broad SMARTS) is 1. The molecule has 8 heteroatoms. The van der Waals surface area contributed by atoms with Gasteiger partial charge in [0.1, 0.15) is 17.2 Å². The molecule has 0 radical (unpaired) electrons. The van der Waals surface area contributed by atoms with E-state index in [2.05, 4.69) is 10.3 Å². The fraction of sp³-hybridized carbons (Fsp3) is 0.182. The van der Waals surface area contributed by atoms with Crippen LogP contribution >= 0.6 is 11.6 Å². The highest BCUT2D eigenvalue weighted by Gasteiger charge is 2.15. The van der Waals surface area contributed by atoms with Gasteiger partial charge in [-0.05, 0) is 6.07 Å². The number of ether oxygens (including phenoxy) is 2. The van der Waals surface area contributed by atoms with E-state index in [1.807, 2.05) is 0 Å². The average molecular weight is 284 g/mol. The first-order valence-electron chi connectivity index (χ1n) is 5.14. The van der Waals surface area contributed by atoms with Gasteiger partial charge in [-0.3, -0.25) is 0 Å². The Morgan fingerprint density at radius 2 is 2.00 bits per heavy atom. The maximum Gasteiger partial charge on any atom is 0.358 e. The highest BCUT2D eigenvalue weighted by Crippen LogP contribution is 2.34. The van der Waals surface area contributed by atoms with Gasteiger partial charge in [-0.25, -0.2) is 9.48 Å². The molecule has 1 N–H and O–H groups in total. The van der Waals surface area contributed by atoms with E-state index in [9.17, 15) is 4.79 Å². The molecule has 0 unspecified atom stereocenters. The second-order valence-corrected chi connectivity index (χ2v) is 3.92. The van der Waals surface area contributed by atoms with Crippen molar-refractivity contribution in [2.75, 3.05) is 14.2 Å². The minimum absolute atomic E-state index is 0.172. The lowest BCUT2D eigenvalue weighted by molar-refractivity contribution is 0.0690. The maximum atomic E-state index is 10.8. The Morgan fingerprint density at radius 3 is 2.53 bits per heavy atom. The molecule has 0 spiro atoms. The van der Waals surface area contributed by atoms with Gasteiger partial charge in [0.15, 0.2) is 5.69 Å². The molecule has 0 amide bonds. The quantitative estimate of drug-likeness (QED) is 0.918. The number of nitrogens with zero attached hydrogens (tertiary/aromatic N) is 3. The number of hydrogen-bond acceptors (Lipinski definition) is 5. The molecule has 0 saturated heterocycles. The van der Waals surface area contributed by atoms with E-state index in [4.69, 9.17) is 26.2 Å². The Bertz CT molecular complexity index is 626. The van der Waals surface area contributed by atoms with Crippen LogP contribution in [0.5, 0.6) is 11.5 Å². The normalized spacial score (nSPS) is 10.3. The van der Waals surface area contributed by atoms with Gasteiger partial charge in [-0.1, -0.05) is 16.8 Å². The van der Waals surface area contributed by atoms with Crippen LogP contribution in [0.25, 0.3) is 5.69 Å². The van der Waals surface area contributed by atoms with Crippen LogP contribution in [0, 0.1) is 0 Å². The van der Waals surface area contributed by atoms with Gasteiger partial charge < -0.3 is 14.6 Å². The molecule has 1 aromatic heterocycles. The van der Waals surface area contributed by atoms with Gasteiger partial charge in [-0.15, -0.1) is 5.10 Å². The summed E-state index contributed by atoms with van der Waals surface area (Å²) in [5.41, 5.74) is 0.294. The Hall–Kier alpha value is -2.28. The summed E-state index contributed by atoms with van der Waals surface area (Å²) in [5, 5.41) is 16.4. The lowest BCUT2D eigenvalue weighted by Gasteiger charge is -2.11. The lowest BCUT2D eigenvalue weighted by atomic mass is 10.2. The molecule has 0 aliphatic heterocycles. The van der Waals surface area contributed by atoms with E-state index >= 15 is 0 Å². The molecule has 2 aromatic rings. The number of aromatic carboxylic acids is 1. The van der Waals surface area contributed by atoms with Crippen molar-refractivity contribution in [1.29, 1.82) is 0 Å². The highest BCUT2D eigenvalue weighted by atomic mass is 35.5. The summed E-state index contributed by atoms with van der Waals surface area (Å²) in [7, 11) is 2.96. The van der Waals surface area contributed by atoms with Crippen molar-refractivity contribution in [3.8, 4) is 17.2 Å². The number of hydrogen-bond donors (Lipinski definition) is 1. The molecule has 1 heterocycles. The van der Waals surface area contributed by atoms with E-state index in [0.717, 1.165) is 0 Å². The van der Waals surface area contributed by atoms with E-state index in [1.54, 1.807) is 12.1 Å². The second kappa shape index (κ2) is 5.15. The molecule has 19 heavy (non-hydrogen) atoms. The third-order valence-corrected chi connectivity index (χ3v) is 2.71. The first-order chi connectivity index (χ1) is 9.06. The first kappa shape index (κ1) is 13.2. The van der Waals surface area contributed by atoms with E-state index < -0.39 is 5.97 Å².